The molecule has 0 saturated heterocycles. The molecule has 0 aliphatic rings. The fourth-order valence-corrected chi connectivity index (χ4v) is 1.83. The normalized spacial score (nSPS) is 14.0. The average Bonchev–Trinajstić information content (AvgIpc) is 2.11. The first-order chi connectivity index (χ1) is 6.58. The summed E-state index contributed by atoms with van der Waals surface area (Å²) >= 11 is 0. The molecule has 0 radical (unpaired) electrons. The van der Waals surface area contributed by atoms with Gasteiger partial charge in [0.1, 0.15) is 0 Å². The minimum atomic E-state index is 0.258. The highest BCUT2D eigenvalue weighted by Gasteiger charge is 2.25. The molecule has 0 aromatic carbocycles. The van der Waals surface area contributed by atoms with E-state index in [4.69, 9.17) is 10.8 Å². The lowest BCUT2D eigenvalue weighted by Gasteiger charge is -2.37. The van der Waals surface area contributed by atoms with E-state index >= 15 is 0 Å². The van der Waals surface area contributed by atoms with Crippen molar-refractivity contribution in [3.05, 3.63) is 12.7 Å². The van der Waals surface area contributed by atoms with E-state index in [9.17, 15) is 0 Å². The minimum absolute atomic E-state index is 0.258. The van der Waals surface area contributed by atoms with Crippen LogP contribution in [0.4, 0.5) is 0 Å². The molecule has 0 spiro atoms. The molecule has 0 aliphatic carbocycles. The summed E-state index contributed by atoms with van der Waals surface area (Å²) in [6.45, 7) is 5.70. The van der Waals surface area contributed by atoms with Crippen molar-refractivity contribution >= 4 is 0 Å². The Bertz CT molecular complexity index is 157. The van der Waals surface area contributed by atoms with Crippen LogP contribution in [0, 0.1) is 0 Å². The Labute approximate surface area is 87.8 Å². The molecule has 0 fully saturated rings. The molecule has 0 bridgehead atoms. The van der Waals surface area contributed by atoms with Crippen molar-refractivity contribution in [3.63, 3.8) is 0 Å². The maximum absolute atomic E-state index is 9.00. The second kappa shape index (κ2) is 6.98. The highest BCUT2D eigenvalue weighted by molar-refractivity contribution is 4.68. The number of hydrogen-bond donors (Lipinski definition) is 2. The van der Waals surface area contributed by atoms with E-state index in [1.54, 1.807) is 0 Å². The van der Waals surface area contributed by atoms with Crippen molar-refractivity contribution in [1.82, 2.24) is 0 Å². The lowest BCUT2D eigenvalue weighted by molar-refractivity contribution is -0.910. The molecule has 0 heterocycles. The van der Waals surface area contributed by atoms with E-state index in [0.29, 0.717) is 6.04 Å². The molecular weight excluding hydrogens is 176 g/mol. The molecule has 0 aromatic rings. The highest BCUT2D eigenvalue weighted by atomic mass is 16.3. The third kappa shape index (κ3) is 4.74. The Balaban J connectivity index is 4.20. The van der Waals surface area contributed by atoms with Crippen LogP contribution in [0.5, 0.6) is 0 Å². The van der Waals surface area contributed by atoms with Crippen LogP contribution in [-0.4, -0.2) is 49.4 Å². The van der Waals surface area contributed by atoms with Crippen LogP contribution >= 0.6 is 0 Å². The number of hydrogen-bond acceptors (Lipinski definition) is 2. The summed E-state index contributed by atoms with van der Waals surface area (Å²) in [6.07, 6.45) is 4.90. The summed E-state index contributed by atoms with van der Waals surface area (Å²) in [5.41, 5.74) is 5.50. The molecule has 0 amide bonds. The number of likely N-dealkylation sites (N-methyl/N-ethyl adjacent to an activating group) is 1. The number of nitrogens with two attached hydrogens (primary N) is 1. The molecule has 0 aliphatic heterocycles. The maximum Gasteiger partial charge on any atom is 0.0969 e. The number of rotatable bonds is 8. The Kier molecular flexibility index (Phi) is 6.79. The first kappa shape index (κ1) is 13.6. The molecule has 1 unspecified atom stereocenters. The fourth-order valence-electron chi connectivity index (χ4n) is 1.83. The van der Waals surface area contributed by atoms with Gasteiger partial charge in [0.05, 0.1) is 26.7 Å². The van der Waals surface area contributed by atoms with Crippen molar-refractivity contribution in [2.24, 2.45) is 5.73 Å². The van der Waals surface area contributed by atoms with Gasteiger partial charge in [-0.1, -0.05) is 6.58 Å². The molecule has 1 atom stereocenters. The van der Waals surface area contributed by atoms with E-state index in [1.807, 2.05) is 6.08 Å². The van der Waals surface area contributed by atoms with Crippen LogP contribution in [0.1, 0.15) is 19.3 Å². The van der Waals surface area contributed by atoms with Gasteiger partial charge in [0.15, 0.2) is 0 Å². The molecule has 84 valence electrons. The predicted octanol–water partition coefficient (Wildman–Crippen LogP) is 0.739. The monoisotopic (exact) mass is 201 g/mol. The smallest absolute Gasteiger partial charge is 0.0969 e. The van der Waals surface area contributed by atoms with Gasteiger partial charge in [-0.25, -0.2) is 0 Å². The van der Waals surface area contributed by atoms with Gasteiger partial charge in [-0.05, 0) is 19.0 Å². The zero-order chi connectivity index (χ0) is 11.0. The standard InChI is InChI=1S/C11H25N2O/c1-4-9-13(2,3)11(7-10-14)6-5-8-12/h4,11,14H,1,5-10,12H2,2-3H3/q+1. The van der Waals surface area contributed by atoms with Crippen molar-refractivity contribution in [2.75, 3.05) is 33.8 Å². The number of nitrogens with zero attached hydrogens (tertiary/aromatic N) is 1. The Hall–Kier alpha value is -0.380. The third-order valence-corrected chi connectivity index (χ3v) is 2.79. The summed E-state index contributed by atoms with van der Waals surface area (Å²) in [6, 6.07) is 0.488. The number of aliphatic hydroxyl groups is 1. The lowest BCUT2D eigenvalue weighted by atomic mass is 10.0. The van der Waals surface area contributed by atoms with Crippen LogP contribution in [-0.2, 0) is 0 Å². The SMILES string of the molecule is C=CC[N+](C)(C)C(CCO)CCCN. The average molecular weight is 201 g/mol. The Morgan fingerprint density at radius 1 is 1.43 bits per heavy atom. The van der Waals surface area contributed by atoms with Gasteiger partial charge >= 0.3 is 0 Å². The first-order valence-corrected chi connectivity index (χ1v) is 5.33. The molecule has 0 aromatic heterocycles. The predicted molar refractivity (Wildman–Crippen MR) is 61.0 cm³/mol. The van der Waals surface area contributed by atoms with E-state index in [2.05, 4.69) is 20.7 Å². The van der Waals surface area contributed by atoms with E-state index in [0.717, 1.165) is 36.8 Å². The van der Waals surface area contributed by atoms with Crippen molar-refractivity contribution in [1.29, 1.82) is 0 Å². The summed E-state index contributed by atoms with van der Waals surface area (Å²) < 4.78 is 0.893. The second-order valence-electron chi connectivity index (χ2n) is 4.35. The van der Waals surface area contributed by atoms with Gasteiger partial charge < -0.3 is 15.3 Å². The van der Waals surface area contributed by atoms with Gasteiger partial charge in [-0.3, -0.25) is 0 Å². The van der Waals surface area contributed by atoms with E-state index in [1.165, 1.54) is 0 Å². The van der Waals surface area contributed by atoms with Crippen LogP contribution in [0.15, 0.2) is 12.7 Å². The van der Waals surface area contributed by atoms with Crippen LogP contribution < -0.4 is 5.73 Å². The summed E-state index contributed by atoms with van der Waals surface area (Å²) in [5, 5.41) is 9.00. The van der Waals surface area contributed by atoms with E-state index < -0.39 is 0 Å². The van der Waals surface area contributed by atoms with Gasteiger partial charge in [0, 0.05) is 19.4 Å². The second-order valence-corrected chi connectivity index (χ2v) is 4.35. The molecule has 3 nitrogen and oxygen atoms in total. The fraction of sp³-hybridized carbons (Fsp3) is 0.818. The Morgan fingerprint density at radius 2 is 2.07 bits per heavy atom. The number of quaternary nitrogens is 1. The summed E-state index contributed by atoms with van der Waals surface area (Å²) in [7, 11) is 4.36. The van der Waals surface area contributed by atoms with Gasteiger partial charge in [0.2, 0.25) is 0 Å². The molecule has 3 heteroatoms. The zero-order valence-corrected chi connectivity index (χ0v) is 9.58. The molecule has 0 saturated carbocycles. The molecule has 14 heavy (non-hydrogen) atoms. The lowest BCUT2D eigenvalue weighted by Crippen LogP contribution is -2.49. The number of aliphatic hydroxyl groups excluding tert-OH is 1. The minimum Gasteiger partial charge on any atom is -0.396 e. The van der Waals surface area contributed by atoms with E-state index in [-0.39, 0.29) is 6.61 Å². The van der Waals surface area contributed by atoms with Crippen molar-refractivity contribution in [3.8, 4) is 0 Å². The Morgan fingerprint density at radius 3 is 2.50 bits per heavy atom. The summed E-state index contributed by atoms with van der Waals surface area (Å²) in [5.74, 6) is 0. The first-order valence-electron chi connectivity index (χ1n) is 5.33. The van der Waals surface area contributed by atoms with Crippen molar-refractivity contribution in [2.45, 2.75) is 25.3 Å². The summed E-state index contributed by atoms with van der Waals surface area (Å²) in [4.78, 5) is 0. The van der Waals surface area contributed by atoms with Gasteiger partial charge in [-0.15, -0.1) is 0 Å². The van der Waals surface area contributed by atoms with Gasteiger partial charge in [0.25, 0.3) is 0 Å². The van der Waals surface area contributed by atoms with Gasteiger partial charge in [-0.2, -0.15) is 0 Å². The van der Waals surface area contributed by atoms with Crippen molar-refractivity contribution < 1.29 is 9.59 Å². The highest BCUT2D eigenvalue weighted by Crippen LogP contribution is 2.15. The largest absolute Gasteiger partial charge is 0.396 e. The van der Waals surface area contributed by atoms with Crippen LogP contribution in [0.2, 0.25) is 0 Å². The van der Waals surface area contributed by atoms with Crippen LogP contribution in [0.25, 0.3) is 0 Å². The zero-order valence-electron chi connectivity index (χ0n) is 9.58. The molecular formula is C11H25N2O+. The molecule has 3 N–H and O–H groups in total. The third-order valence-electron chi connectivity index (χ3n) is 2.79. The topological polar surface area (TPSA) is 46.2 Å². The molecule has 0 rings (SSSR count). The quantitative estimate of drug-likeness (QED) is 0.449. The van der Waals surface area contributed by atoms with Crippen LogP contribution in [0.3, 0.4) is 0 Å². The maximum atomic E-state index is 9.00.